The Bertz CT molecular complexity index is 797. The molecule has 0 aliphatic rings. The van der Waals surface area contributed by atoms with Gasteiger partial charge in [0.05, 0.1) is 11.1 Å². The highest BCUT2D eigenvalue weighted by Gasteiger charge is 2.12. The quantitative estimate of drug-likeness (QED) is 0.717. The molecule has 3 N–H and O–H groups in total. The SMILES string of the molecule is Cc1sc2nc(CSc3ccc(O)cc3)nc(N)c2c1C. The van der Waals surface area contributed by atoms with E-state index in [1.165, 1.54) is 10.4 Å². The summed E-state index contributed by atoms with van der Waals surface area (Å²) in [5.41, 5.74) is 7.24. The van der Waals surface area contributed by atoms with Gasteiger partial charge < -0.3 is 10.8 Å². The minimum absolute atomic E-state index is 0.269. The molecule has 6 heteroatoms. The maximum absolute atomic E-state index is 9.28. The van der Waals surface area contributed by atoms with Crippen LogP contribution in [-0.4, -0.2) is 15.1 Å². The fourth-order valence-electron chi connectivity index (χ4n) is 2.08. The number of thiophene rings is 1. The van der Waals surface area contributed by atoms with Crippen LogP contribution in [0.1, 0.15) is 16.3 Å². The minimum Gasteiger partial charge on any atom is -0.508 e. The summed E-state index contributed by atoms with van der Waals surface area (Å²) in [5, 5.41) is 10.3. The molecule has 108 valence electrons. The smallest absolute Gasteiger partial charge is 0.142 e. The Labute approximate surface area is 131 Å². The molecule has 3 aromatic rings. The second kappa shape index (κ2) is 5.54. The van der Waals surface area contributed by atoms with Gasteiger partial charge in [0.2, 0.25) is 0 Å². The number of fused-ring (bicyclic) bond motifs is 1. The largest absolute Gasteiger partial charge is 0.508 e. The van der Waals surface area contributed by atoms with Crippen molar-refractivity contribution in [3.63, 3.8) is 0 Å². The molecule has 21 heavy (non-hydrogen) atoms. The number of nitrogens with zero attached hydrogens (tertiary/aromatic N) is 2. The van der Waals surface area contributed by atoms with E-state index in [1.54, 1.807) is 35.2 Å². The van der Waals surface area contributed by atoms with Crippen molar-refractivity contribution < 1.29 is 5.11 Å². The van der Waals surface area contributed by atoms with Gasteiger partial charge in [-0.1, -0.05) is 0 Å². The van der Waals surface area contributed by atoms with Crippen molar-refractivity contribution in [2.75, 3.05) is 5.73 Å². The molecule has 0 atom stereocenters. The van der Waals surface area contributed by atoms with Gasteiger partial charge in [0.1, 0.15) is 22.2 Å². The second-order valence-electron chi connectivity index (χ2n) is 4.77. The third-order valence-electron chi connectivity index (χ3n) is 3.31. The fraction of sp³-hybridized carbons (Fsp3) is 0.200. The zero-order valence-corrected chi connectivity index (χ0v) is 13.4. The normalized spacial score (nSPS) is 11.1. The standard InChI is InChI=1S/C15H15N3OS2/c1-8-9(2)21-15-13(8)14(16)17-12(18-15)7-20-11-5-3-10(19)4-6-11/h3-6,19H,7H2,1-2H3,(H2,16,17,18). The number of hydrogen-bond acceptors (Lipinski definition) is 6. The summed E-state index contributed by atoms with van der Waals surface area (Å²) in [5.74, 6) is 2.22. The van der Waals surface area contributed by atoms with E-state index in [2.05, 4.69) is 23.8 Å². The number of phenolic OH excluding ortho intramolecular Hbond substituents is 1. The number of aromatic nitrogens is 2. The highest BCUT2D eigenvalue weighted by Crippen LogP contribution is 2.33. The summed E-state index contributed by atoms with van der Waals surface area (Å²) >= 11 is 3.28. The van der Waals surface area contributed by atoms with Gasteiger partial charge in [0.25, 0.3) is 0 Å². The highest BCUT2D eigenvalue weighted by molar-refractivity contribution is 7.98. The molecule has 3 rings (SSSR count). The summed E-state index contributed by atoms with van der Waals surface area (Å²) in [6, 6.07) is 7.10. The molecule has 1 aromatic carbocycles. The number of nitrogens with two attached hydrogens (primary N) is 1. The first-order valence-corrected chi connectivity index (χ1v) is 8.28. The Balaban J connectivity index is 1.86. The van der Waals surface area contributed by atoms with Crippen LogP contribution in [0.25, 0.3) is 10.2 Å². The zero-order valence-electron chi connectivity index (χ0n) is 11.8. The molecule has 0 bridgehead atoms. The minimum atomic E-state index is 0.269. The predicted molar refractivity (Wildman–Crippen MR) is 89.0 cm³/mol. The Kier molecular flexibility index (Phi) is 3.73. The van der Waals surface area contributed by atoms with E-state index in [1.807, 2.05) is 12.1 Å². The molecule has 0 saturated heterocycles. The van der Waals surface area contributed by atoms with E-state index < -0.39 is 0 Å². The van der Waals surface area contributed by atoms with Crippen molar-refractivity contribution in [2.45, 2.75) is 24.5 Å². The third-order valence-corrected chi connectivity index (χ3v) is 5.42. The van der Waals surface area contributed by atoms with Crippen LogP contribution in [0, 0.1) is 13.8 Å². The van der Waals surface area contributed by atoms with E-state index in [0.717, 1.165) is 20.9 Å². The number of benzene rings is 1. The van der Waals surface area contributed by atoms with Gasteiger partial charge in [0, 0.05) is 9.77 Å². The molecular weight excluding hydrogens is 302 g/mol. The number of anilines is 1. The Morgan fingerprint density at radius 2 is 1.90 bits per heavy atom. The summed E-state index contributed by atoms with van der Waals surface area (Å²) in [4.78, 5) is 12.3. The van der Waals surface area contributed by atoms with Crippen LogP contribution in [0.2, 0.25) is 0 Å². The van der Waals surface area contributed by atoms with Crippen molar-refractivity contribution >= 4 is 39.1 Å². The number of thioether (sulfide) groups is 1. The lowest BCUT2D eigenvalue weighted by Gasteiger charge is -2.04. The highest BCUT2D eigenvalue weighted by atomic mass is 32.2. The predicted octanol–water partition coefficient (Wildman–Crippen LogP) is 3.89. The molecule has 0 amide bonds. The lowest BCUT2D eigenvalue weighted by atomic mass is 10.2. The van der Waals surface area contributed by atoms with Gasteiger partial charge in [-0.15, -0.1) is 23.1 Å². The summed E-state index contributed by atoms with van der Waals surface area (Å²) in [7, 11) is 0. The van der Waals surface area contributed by atoms with Crippen LogP contribution in [0.5, 0.6) is 5.75 Å². The van der Waals surface area contributed by atoms with Crippen molar-refractivity contribution in [3.8, 4) is 5.75 Å². The average Bonchev–Trinajstić information content (AvgIpc) is 2.74. The maximum atomic E-state index is 9.28. The molecule has 0 unspecified atom stereocenters. The molecule has 0 aliphatic heterocycles. The number of aromatic hydroxyl groups is 1. The summed E-state index contributed by atoms with van der Waals surface area (Å²) in [6.45, 7) is 4.13. The van der Waals surface area contributed by atoms with Crippen LogP contribution < -0.4 is 5.73 Å². The first-order chi connectivity index (χ1) is 10.0. The molecule has 0 spiro atoms. The van der Waals surface area contributed by atoms with E-state index in [-0.39, 0.29) is 5.75 Å². The van der Waals surface area contributed by atoms with Gasteiger partial charge >= 0.3 is 0 Å². The number of nitrogen functional groups attached to an aromatic ring is 1. The number of phenols is 1. The van der Waals surface area contributed by atoms with Crippen LogP contribution >= 0.6 is 23.1 Å². The van der Waals surface area contributed by atoms with Gasteiger partial charge in [0.15, 0.2) is 0 Å². The molecule has 0 saturated carbocycles. The zero-order chi connectivity index (χ0) is 15.0. The Morgan fingerprint density at radius 1 is 1.19 bits per heavy atom. The van der Waals surface area contributed by atoms with E-state index >= 15 is 0 Å². The molecule has 2 aromatic heterocycles. The molecule has 0 radical (unpaired) electrons. The molecule has 4 nitrogen and oxygen atoms in total. The van der Waals surface area contributed by atoms with Gasteiger partial charge in [-0.25, -0.2) is 9.97 Å². The lowest BCUT2D eigenvalue weighted by molar-refractivity contribution is 0.475. The van der Waals surface area contributed by atoms with Crippen molar-refractivity contribution in [2.24, 2.45) is 0 Å². The van der Waals surface area contributed by atoms with Gasteiger partial charge in [-0.3, -0.25) is 0 Å². The lowest BCUT2D eigenvalue weighted by Crippen LogP contribution is -1.99. The Morgan fingerprint density at radius 3 is 2.62 bits per heavy atom. The van der Waals surface area contributed by atoms with Gasteiger partial charge in [-0.2, -0.15) is 0 Å². The number of aryl methyl sites for hydroxylation is 2. The summed E-state index contributed by atoms with van der Waals surface area (Å²) < 4.78 is 0. The van der Waals surface area contributed by atoms with Gasteiger partial charge in [-0.05, 0) is 43.7 Å². The maximum Gasteiger partial charge on any atom is 0.142 e. The molecule has 0 fully saturated rings. The first kappa shape index (κ1) is 14.2. The fourth-order valence-corrected chi connectivity index (χ4v) is 3.89. The third kappa shape index (κ3) is 2.82. The average molecular weight is 317 g/mol. The van der Waals surface area contributed by atoms with Crippen LogP contribution in [0.4, 0.5) is 5.82 Å². The Hall–Kier alpha value is -1.79. The van der Waals surface area contributed by atoms with Crippen molar-refractivity contribution in [1.29, 1.82) is 0 Å². The first-order valence-electron chi connectivity index (χ1n) is 6.48. The second-order valence-corrected chi connectivity index (χ2v) is 7.02. The van der Waals surface area contributed by atoms with Crippen molar-refractivity contribution in [3.05, 3.63) is 40.5 Å². The van der Waals surface area contributed by atoms with Crippen molar-refractivity contribution in [1.82, 2.24) is 9.97 Å². The van der Waals surface area contributed by atoms with E-state index in [4.69, 9.17) is 5.73 Å². The topological polar surface area (TPSA) is 72.0 Å². The molecule has 0 aliphatic carbocycles. The monoisotopic (exact) mass is 317 g/mol. The van der Waals surface area contributed by atoms with Crippen LogP contribution in [-0.2, 0) is 5.75 Å². The molecular formula is C15H15N3OS2. The number of hydrogen-bond donors (Lipinski definition) is 2. The number of rotatable bonds is 3. The molecule has 2 heterocycles. The summed E-state index contributed by atoms with van der Waals surface area (Å²) in [6.07, 6.45) is 0. The van der Waals surface area contributed by atoms with E-state index in [9.17, 15) is 5.11 Å². The van der Waals surface area contributed by atoms with E-state index in [0.29, 0.717) is 11.6 Å². The van der Waals surface area contributed by atoms with Crippen LogP contribution in [0.15, 0.2) is 29.2 Å². The van der Waals surface area contributed by atoms with Crippen LogP contribution in [0.3, 0.4) is 0 Å².